The van der Waals surface area contributed by atoms with Crippen molar-refractivity contribution in [3.05, 3.63) is 26.2 Å². The van der Waals surface area contributed by atoms with E-state index < -0.39 is 0 Å². The molecule has 1 nitrogen and oxygen atoms in total. The zero-order valence-corrected chi connectivity index (χ0v) is 12.2. The SMILES string of the molecule is CC(C)CCNc1cc(Br)ccc1I. The van der Waals surface area contributed by atoms with Gasteiger partial charge in [0.1, 0.15) is 0 Å². The van der Waals surface area contributed by atoms with E-state index in [2.05, 4.69) is 75.9 Å². The molecule has 0 saturated carbocycles. The summed E-state index contributed by atoms with van der Waals surface area (Å²) in [6.07, 6.45) is 1.21. The average Bonchev–Trinajstić information content (AvgIpc) is 2.10. The summed E-state index contributed by atoms with van der Waals surface area (Å²) in [5, 5.41) is 3.45. The minimum atomic E-state index is 0.757. The summed E-state index contributed by atoms with van der Waals surface area (Å²) < 4.78 is 2.40. The second-order valence-electron chi connectivity index (χ2n) is 3.73. The molecule has 0 saturated heterocycles. The van der Waals surface area contributed by atoms with Gasteiger partial charge in [-0.3, -0.25) is 0 Å². The highest BCUT2D eigenvalue weighted by molar-refractivity contribution is 14.1. The molecule has 0 atom stereocenters. The second kappa shape index (κ2) is 5.95. The predicted molar refractivity (Wildman–Crippen MR) is 74.8 cm³/mol. The molecule has 0 spiro atoms. The Morgan fingerprint density at radius 2 is 2.14 bits per heavy atom. The van der Waals surface area contributed by atoms with Crippen LogP contribution >= 0.6 is 38.5 Å². The number of hydrogen-bond donors (Lipinski definition) is 1. The molecule has 0 bridgehead atoms. The Labute approximate surface area is 108 Å². The minimum Gasteiger partial charge on any atom is -0.384 e. The van der Waals surface area contributed by atoms with Gasteiger partial charge in [-0.15, -0.1) is 0 Å². The first-order valence-electron chi connectivity index (χ1n) is 4.78. The zero-order chi connectivity index (χ0) is 10.6. The maximum absolute atomic E-state index is 3.47. The summed E-state index contributed by atoms with van der Waals surface area (Å²) in [7, 11) is 0. The van der Waals surface area contributed by atoms with Crippen molar-refractivity contribution in [2.75, 3.05) is 11.9 Å². The van der Waals surface area contributed by atoms with Gasteiger partial charge in [0.2, 0.25) is 0 Å². The molecule has 0 aliphatic carbocycles. The van der Waals surface area contributed by atoms with Crippen molar-refractivity contribution >= 4 is 44.2 Å². The van der Waals surface area contributed by atoms with Crippen molar-refractivity contribution in [1.82, 2.24) is 0 Å². The molecule has 0 aromatic heterocycles. The monoisotopic (exact) mass is 367 g/mol. The molecule has 0 aliphatic rings. The maximum atomic E-state index is 3.47. The molecule has 1 rings (SSSR count). The Balaban J connectivity index is 2.53. The Morgan fingerprint density at radius 3 is 2.79 bits per heavy atom. The normalized spacial score (nSPS) is 10.6. The van der Waals surface area contributed by atoms with Crippen molar-refractivity contribution in [1.29, 1.82) is 0 Å². The smallest absolute Gasteiger partial charge is 0.0487 e. The summed E-state index contributed by atoms with van der Waals surface area (Å²) in [6.45, 7) is 5.53. The maximum Gasteiger partial charge on any atom is 0.0487 e. The predicted octanol–water partition coefficient (Wildman–Crippen LogP) is 4.51. The quantitative estimate of drug-likeness (QED) is 0.772. The summed E-state index contributed by atoms with van der Waals surface area (Å²) in [6, 6.07) is 6.31. The van der Waals surface area contributed by atoms with Crippen LogP contribution in [0.1, 0.15) is 20.3 Å². The molecular weight excluding hydrogens is 353 g/mol. The van der Waals surface area contributed by atoms with Gasteiger partial charge < -0.3 is 5.32 Å². The number of hydrogen-bond acceptors (Lipinski definition) is 1. The lowest BCUT2D eigenvalue weighted by atomic mass is 10.1. The number of halogens is 2. The van der Waals surface area contributed by atoms with Crippen LogP contribution in [-0.4, -0.2) is 6.54 Å². The summed E-state index contributed by atoms with van der Waals surface area (Å²) >= 11 is 5.82. The first kappa shape index (κ1) is 12.3. The number of rotatable bonds is 4. The van der Waals surface area contributed by atoms with Crippen LogP contribution in [0.5, 0.6) is 0 Å². The van der Waals surface area contributed by atoms with Crippen molar-refractivity contribution < 1.29 is 0 Å². The number of nitrogens with one attached hydrogen (secondary N) is 1. The van der Waals surface area contributed by atoms with E-state index in [1.807, 2.05) is 0 Å². The Morgan fingerprint density at radius 1 is 1.43 bits per heavy atom. The molecule has 0 aliphatic heterocycles. The molecule has 0 radical (unpaired) electrons. The molecule has 0 unspecified atom stereocenters. The third-order valence-corrected chi connectivity index (χ3v) is 3.40. The first-order valence-corrected chi connectivity index (χ1v) is 6.65. The van der Waals surface area contributed by atoms with Crippen molar-refractivity contribution in [2.45, 2.75) is 20.3 Å². The fourth-order valence-corrected chi connectivity index (χ4v) is 2.02. The van der Waals surface area contributed by atoms with Gasteiger partial charge in [0.15, 0.2) is 0 Å². The second-order valence-corrected chi connectivity index (χ2v) is 5.81. The highest BCUT2D eigenvalue weighted by Gasteiger charge is 2.00. The Bertz CT molecular complexity index is 299. The van der Waals surface area contributed by atoms with E-state index in [0.29, 0.717) is 0 Å². The van der Waals surface area contributed by atoms with Gasteiger partial charge in [0, 0.05) is 20.3 Å². The Hall–Kier alpha value is 0.230. The van der Waals surface area contributed by atoms with Crippen molar-refractivity contribution in [3.8, 4) is 0 Å². The van der Waals surface area contributed by atoms with Gasteiger partial charge in [0.25, 0.3) is 0 Å². The van der Waals surface area contributed by atoms with E-state index in [1.165, 1.54) is 15.7 Å². The minimum absolute atomic E-state index is 0.757. The lowest BCUT2D eigenvalue weighted by Crippen LogP contribution is -2.05. The van der Waals surface area contributed by atoms with E-state index in [9.17, 15) is 0 Å². The van der Waals surface area contributed by atoms with Crippen LogP contribution < -0.4 is 5.32 Å². The van der Waals surface area contributed by atoms with Gasteiger partial charge in [-0.2, -0.15) is 0 Å². The van der Waals surface area contributed by atoms with Crippen LogP contribution in [0.15, 0.2) is 22.7 Å². The Kier molecular flexibility index (Phi) is 5.23. The molecule has 78 valence electrons. The molecule has 0 fully saturated rings. The van der Waals surface area contributed by atoms with Crippen LogP contribution in [0.25, 0.3) is 0 Å². The molecule has 3 heteroatoms. The standard InChI is InChI=1S/C11H15BrIN/c1-8(2)5-6-14-11-7-9(12)3-4-10(11)13/h3-4,7-8,14H,5-6H2,1-2H3. The van der Waals surface area contributed by atoms with Crippen molar-refractivity contribution in [2.24, 2.45) is 5.92 Å². The highest BCUT2D eigenvalue weighted by atomic mass is 127. The van der Waals surface area contributed by atoms with Gasteiger partial charge in [-0.25, -0.2) is 0 Å². The van der Waals surface area contributed by atoms with Gasteiger partial charge in [-0.1, -0.05) is 29.8 Å². The summed E-state index contributed by atoms with van der Waals surface area (Å²) in [5.41, 5.74) is 1.22. The van der Waals surface area contributed by atoms with Gasteiger partial charge in [0.05, 0.1) is 0 Å². The first-order chi connectivity index (χ1) is 6.59. The molecule has 0 amide bonds. The zero-order valence-electron chi connectivity index (χ0n) is 8.48. The van der Waals surface area contributed by atoms with Gasteiger partial charge in [-0.05, 0) is 53.1 Å². The molecular formula is C11H15BrIN. The van der Waals surface area contributed by atoms with Crippen LogP contribution in [0.3, 0.4) is 0 Å². The van der Waals surface area contributed by atoms with Crippen LogP contribution in [0, 0.1) is 9.49 Å². The topological polar surface area (TPSA) is 12.0 Å². The third-order valence-electron chi connectivity index (χ3n) is 1.97. The summed E-state index contributed by atoms with van der Waals surface area (Å²) in [4.78, 5) is 0. The highest BCUT2D eigenvalue weighted by Crippen LogP contribution is 2.22. The van der Waals surface area contributed by atoms with Crippen LogP contribution in [-0.2, 0) is 0 Å². The fraction of sp³-hybridized carbons (Fsp3) is 0.455. The van der Waals surface area contributed by atoms with Crippen LogP contribution in [0.4, 0.5) is 5.69 Å². The van der Waals surface area contributed by atoms with Crippen molar-refractivity contribution in [3.63, 3.8) is 0 Å². The lowest BCUT2D eigenvalue weighted by Gasteiger charge is -2.10. The number of benzene rings is 1. The van der Waals surface area contributed by atoms with E-state index in [0.717, 1.165) is 16.9 Å². The number of anilines is 1. The largest absolute Gasteiger partial charge is 0.384 e. The van der Waals surface area contributed by atoms with E-state index in [4.69, 9.17) is 0 Å². The van der Waals surface area contributed by atoms with E-state index in [1.54, 1.807) is 0 Å². The average molecular weight is 368 g/mol. The molecule has 14 heavy (non-hydrogen) atoms. The third kappa shape index (κ3) is 4.17. The fourth-order valence-electron chi connectivity index (χ4n) is 1.13. The van der Waals surface area contributed by atoms with E-state index in [-0.39, 0.29) is 0 Å². The molecule has 1 aromatic carbocycles. The molecule has 1 N–H and O–H groups in total. The summed E-state index contributed by atoms with van der Waals surface area (Å²) in [5.74, 6) is 0.757. The van der Waals surface area contributed by atoms with E-state index >= 15 is 0 Å². The van der Waals surface area contributed by atoms with Gasteiger partial charge >= 0.3 is 0 Å². The molecule has 0 heterocycles. The van der Waals surface area contributed by atoms with Crippen LogP contribution in [0.2, 0.25) is 0 Å². The molecule has 1 aromatic rings. The lowest BCUT2D eigenvalue weighted by molar-refractivity contribution is 0.607.